The van der Waals surface area contributed by atoms with Gasteiger partial charge >= 0.3 is 0 Å². The fourth-order valence-electron chi connectivity index (χ4n) is 3.41. The molecular formula is C26H36N4O3. The van der Waals surface area contributed by atoms with E-state index in [9.17, 15) is 9.90 Å². The predicted molar refractivity (Wildman–Crippen MR) is 133 cm³/mol. The van der Waals surface area contributed by atoms with Gasteiger partial charge < -0.3 is 25.0 Å². The first kappa shape index (κ1) is 25.9. The van der Waals surface area contributed by atoms with Crippen LogP contribution in [0.4, 0.5) is 0 Å². The Labute approximate surface area is 197 Å². The van der Waals surface area contributed by atoms with Gasteiger partial charge in [-0.3, -0.25) is 4.79 Å². The van der Waals surface area contributed by atoms with E-state index < -0.39 is 0 Å². The van der Waals surface area contributed by atoms with Gasteiger partial charge in [-0.1, -0.05) is 48.9 Å². The molecule has 2 aromatic rings. The van der Waals surface area contributed by atoms with E-state index in [1.165, 1.54) is 5.56 Å². The summed E-state index contributed by atoms with van der Waals surface area (Å²) in [4.78, 5) is 20.9. The zero-order chi connectivity index (χ0) is 24.2. The highest BCUT2D eigenvalue weighted by Crippen LogP contribution is 2.21. The van der Waals surface area contributed by atoms with E-state index in [1.807, 2.05) is 66.2 Å². The summed E-state index contributed by atoms with van der Waals surface area (Å²) < 4.78 is 6.13. The number of amides is 1. The maximum Gasteiger partial charge on any atom is 0.271 e. The summed E-state index contributed by atoms with van der Waals surface area (Å²) in [6.45, 7) is 9.02. The van der Waals surface area contributed by atoms with Crippen molar-refractivity contribution in [3.63, 3.8) is 0 Å². The van der Waals surface area contributed by atoms with Crippen LogP contribution in [0.3, 0.4) is 0 Å². The van der Waals surface area contributed by atoms with Crippen LogP contribution in [0.5, 0.6) is 5.75 Å². The molecule has 0 saturated heterocycles. The van der Waals surface area contributed by atoms with Crippen LogP contribution in [-0.2, 0) is 17.8 Å². The van der Waals surface area contributed by atoms with E-state index in [-0.39, 0.29) is 19.2 Å². The quantitative estimate of drug-likeness (QED) is 0.277. The minimum Gasteiger partial charge on any atom is -0.473 e. The minimum atomic E-state index is -0.286. The summed E-state index contributed by atoms with van der Waals surface area (Å²) in [5, 5.41) is 12.0. The van der Waals surface area contributed by atoms with Crippen molar-refractivity contribution in [3.8, 4) is 5.75 Å². The highest BCUT2D eigenvalue weighted by atomic mass is 16.5. The monoisotopic (exact) mass is 452 g/mol. The van der Waals surface area contributed by atoms with Crippen molar-refractivity contribution >= 4 is 12.6 Å². The van der Waals surface area contributed by atoms with Gasteiger partial charge in [0.25, 0.3) is 5.91 Å². The highest BCUT2D eigenvalue weighted by Gasteiger charge is 2.24. The molecule has 0 aromatic heterocycles. The van der Waals surface area contributed by atoms with E-state index in [1.54, 1.807) is 7.05 Å². The first-order chi connectivity index (χ1) is 15.9. The summed E-state index contributed by atoms with van der Waals surface area (Å²) in [7, 11) is 3.42. The summed E-state index contributed by atoms with van der Waals surface area (Å²) >= 11 is 0. The molecule has 2 N–H and O–H groups in total. The second kappa shape index (κ2) is 13.3. The van der Waals surface area contributed by atoms with Crippen LogP contribution in [0.25, 0.3) is 0 Å². The zero-order valence-corrected chi connectivity index (χ0v) is 20.2. The molecule has 33 heavy (non-hydrogen) atoms. The van der Waals surface area contributed by atoms with Crippen LogP contribution < -0.4 is 10.1 Å². The van der Waals surface area contributed by atoms with E-state index >= 15 is 0 Å². The second-order valence-electron chi connectivity index (χ2n) is 7.87. The largest absolute Gasteiger partial charge is 0.473 e. The van der Waals surface area contributed by atoms with Crippen molar-refractivity contribution in [2.24, 2.45) is 4.99 Å². The number of likely N-dealkylation sites (N-methyl/N-ethyl adjacent to an activating group) is 1. The van der Waals surface area contributed by atoms with Crippen LogP contribution in [0.2, 0.25) is 0 Å². The van der Waals surface area contributed by atoms with Crippen LogP contribution in [0.15, 0.2) is 65.0 Å². The van der Waals surface area contributed by atoms with Crippen molar-refractivity contribution in [1.82, 2.24) is 15.1 Å². The van der Waals surface area contributed by atoms with Gasteiger partial charge in [0.2, 0.25) is 0 Å². The van der Waals surface area contributed by atoms with E-state index in [0.717, 1.165) is 23.3 Å². The van der Waals surface area contributed by atoms with Crippen LogP contribution in [-0.4, -0.2) is 61.5 Å². The van der Waals surface area contributed by atoms with Crippen LogP contribution in [0.1, 0.15) is 30.0 Å². The third kappa shape index (κ3) is 7.64. The molecule has 2 aromatic carbocycles. The van der Waals surface area contributed by atoms with Gasteiger partial charge in [0, 0.05) is 33.8 Å². The maximum absolute atomic E-state index is 13.1. The fourth-order valence-corrected chi connectivity index (χ4v) is 3.41. The number of carbonyl (C=O) groups is 1. The lowest BCUT2D eigenvalue weighted by Gasteiger charge is -2.30. The van der Waals surface area contributed by atoms with Crippen molar-refractivity contribution in [2.75, 3.05) is 34.0 Å². The number of carbonyl (C=O) groups excluding carboxylic acids is 1. The number of benzene rings is 2. The number of aliphatic hydroxyl groups excluding tert-OH is 1. The molecule has 178 valence electrons. The number of hydrogen-bond acceptors (Lipinski definition) is 6. The third-order valence-corrected chi connectivity index (χ3v) is 5.32. The fraction of sp³-hybridized carbons (Fsp3) is 0.385. The van der Waals surface area contributed by atoms with Gasteiger partial charge in [-0.2, -0.15) is 0 Å². The normalized spacial score (nSPS) is 11.4. The molecular weight excluding hydrogens is 416 g/mol. The average Bonchev–Trinajstić information content (AvgIpc) is 2.84. The number of hydrogen-bond donors (Lipinski definition) is 2. The molecule has 0 aliphatic heterocycles. The molecule has 0 aliphatic carbocycles. The molecule has 0 atom stereocenters. The Morgan fingerprint density at radius 3 is 2.52 bits per heavy atom. The number of aliphatic hydroxyl groups is 1. The van der Waals surface area contributed by atoms with Gasteiger partial charge in [-0.25, -0.2) is 4.99 Å². The molecule has 7 heteroatoms. The Kier molecular flexibility index (Phi) is 10.4. The third-order valence-electron chi connectivity index (χ3n) is 5.32. The molecule has 2 rings (SSSR count). The van der Waals surface area contributed by atoms with E-state index in [2.05, 4.69) is 30.0 Å². The standard InChI is InChI=1S/C26H36N4O3/c1-6-21-9-7-10-23(17-21)33-19-30(18-22-13-11-20(2)12-14-22)24(26(32)28-4)25(27-3)29(5)15-8-16-31/h7,9-14,17,31H,3,6,8,15-16,18-19H2,1-2,4-5H3,(H,28,32)/b25-24+. The Hall–Kier alpha value is -3.32. The number of ether oxygens (including phenoxy) is 1. The van der Waals surface area contributed by atoms with Crippen molar-refractivity contribution in [3.05, 3.63) is 76.7 Å². The molecule has 0 aliphatic rings. The van der Waals surface area contributed by atoms with Gasteiger partial charge in [-0.05, 0) is 49.7 Å². The smallest absolute Gasteiger partial charge is 0.271 e. The van der Waals surface area contributed by atoms with Gasteiger partial charge in [-0.15, -0.1) is 0 Å². The lowest BCUT2D eigenvalue weighted by Crippen LogP contribution is -2.39. The molecule has 0 heterocycles. The summed E-state index contributed by atoms with van der Waals surface area (Å²) in [6.07, 6.45) is 1.46. The number of aliphatic imine (C=N–C) groups is 1. The Bertz CT molecular complexity index is 941. The van der Waals surface area contributed by atoms with Gasteiger partial charge in [0.05, 0.1) is 0 Å². The number of nitrogens with zero attached hydrogens (tertiary/aromatic N) is 3. The Morgan fingerprint density at radius 2 is 1.91 bits per heavy atom. The molecule has 7 nitrogen and oxygen atoms in total. The molecule has 1 amide bonds. The molecule has 0 saturated carbocycles. The predicted octanol–water partition coefficient (Wildman–Crippen LogP) is 3.33. The molecule has 0 unspecified atom stereocenters. The average molecular weight is 453 g/mol. The van der Waals surface area contributed by atoms with Crippen molar-refractivity contribution < 1.29 is 14.6 Å². The van der Waals surface area contributed by atoms with Gasteiger partial charge in [0.15, 0.2) is 12.6 Å². The molecule has 0 bridgehead atoms. The Morgan fingerprint density at radius 1 is 1.18 bits per heavy atom. The zero-order valence-electron chi connectivity index (χ0n) is 20.2. The minimum absolute atomic E-state index is 0.0496. The second-order valence-corrected chi connectivity index (χ2v) is 7.87. The summed E-state index contributed by atoms with van der Waals surface area (Å²) in [5.41, 5.74) is 3.74. The Balaban J connectivity index is 2.46. The van der Waals surface area contributed by atoms with Gasteiger partial charge in [0.1, 0.15) is 11.4 Å². The number of nitrogens with one attached hydrogen (secondary N) is 1. The molecule has 0 spiro atoms. The first-order valence-electron chi connectivity index (χ1n) is 11.2. The van der Waals surface area contributed by atoms with Crippen molar-refractivity contribution in [2.45, 2.75) is 33.2 Å². The van der Waals surface area contributed by atoms with Crippen molar-refractivity contribution in [1.29, 1.82) is 0 Å². The molecule has 0 fully saturated rings. The van der Waals surface area contributed by atoms with E-state index in [4.69, 9.17) is 4.74 Å². The first-order valence-corrected chi connectivity index (χ1v) is 11.2. The van der Waals surface area contributed by atoms with Crippen LogP contribution >= 0.6 is 0 Å². The summed E-state index contributed by atoms with van der Waals surface area (Å²) in [6, 6.07) is 16.1. The van der Waals surface area contributed by atoms with Crippen LogP contribution in [0, 0.1) is 6.92 Å². The molecule has 0 radical (unpaired) electrons. The lowest BCUT2D eigenvalue weighted by atomic mass is 10.1. The lowest BCUT2D eigenvalue weighted by molar-refractivity contribution is -0.119. The topological polar surface area (TPSA) is 77.4 Å². The summed E-state index contributed by atoms with van der Waals surface area (Å²) in [5.74, 6) is 0.883. The number of aryl methyl sites for hydroxylation is 2. The maximum atomic E-state index is 13.1. The highest BCUT2D eigenvalue weighted by molar-refractivity contribution is 5.93. The SMILES string of the molecule is C=N/C(=C(/C(=O)NC)N(COc1cccc(CC)c1)Cc1ccc(C)cc1)N(C)CCCO. The van der Waals surface area contributed by atoms with E-state index in [0.29, 0.717) is 31.0 Å². The number of rotatable bonds is 13.